The number of benzene rings is 3. The molecule has 0 fully saturated rings. The quantitative estimate of drug-likeness (QED) is 0.184. The van der Waals surface area contributed by atoms with E-state index < -0.39 is 8.80 Å². The van der Waals surface area contributed by atoms with Gasteiger partial charge in [0.15, 0.2) is 0 Å². The van der Waals surface area contributed by atoms with Crippen molar-refractivity contribution in [1.29, 1.82) is 0 Å². The zero-order valence-corrected chi connectivity index (χ0v) is 26.9. The molecule has 0 N–H and O–H groups in total. The second-order valence-electron chi connectivity index (χ2n) is 9.69. The molecule has 4 aromatic rings. The maximum atomic E-state index is 2.45. The zero-order chi connectivity index (χ0) is 23.0. The molecule has 0 aliphatic carbocycles. The molecule has 0 nitrogen and oxygen atoms in total. The Morgan fingerprint density at radius 3 is 1.42 bits per heavy atom. The van der Waals surface area contributed by atoms with Crippen LogP contribution in [0.5, 0.6) is 0 Å². The summed E-state index contributed by atoms with van der Waals surface area (Å²) in [4.78, 5) is 0. The van der Waals surface area contributed by atoms with Crippen LogP contribution >= 0.6 is 0 Å². The number of aryl methyl sites for hydroxylation is 4. The molecule has 2 heteroatoms. The van der Waals surface area contributed by atoms with Gasteiger partial charge in [-0.2, -0.15) is 11.1 Å². The predicted octanol–water partition coefficient (Wildman–Crippen LogP) is 7.70. The van der Waals surface area contributed by atoms with Gasteiger partial charge >= 0.3 is 21.7 Å². The third-order valence-electron chi connectivity index (χ3n) is 7.02. The Kier molecular flexibility index (Phi) is 13.2. The summed E-state index contributed by atoms with van der Waals surface area (Å²) in [5.41, 5.74) is 14.2. The summed E-state index contributed by atoms with van der Waals surface area (Å²) in [7, 11) is -1.48. The molecule has 0 amide bonds. The molecule has 0 spiro atoms. The van der Waals surface area contributed by atoms with Crippen LogP contribution in [-0.4, -0.2) is 8.80 Å². The molecule has 0 unspecified atom stereocenters. The summed E-state index contributed by atoms with van der Waals surface area (Å²) in [5, 5.41) is 3.12. The van der Waals surface area contributed by atoms with Gasteiger partial charge in [-0.3, -0.25) is 0 Å². The number of hydrogen-bond donors (Lipinski definition) is 0. The largest absolute Gasteiger partial charge is 4.00 e. The molecule has 36 heavy (non-hydrogen) atoms. The zero-order valence-electron chi connectivity index (χ0n) is 24.1. The van der Waals surface area contributed by atoms with Gasteiger partial charge in [-0.15, -0.1) is 16.7 Å². The van der Waals surface area contributed by atoms with Gasteiger partial charge in [0.25, 0.3) is 0 Å². The SMILES string of the molecule is Cc1cc(C)cc([SiH](C[c-]2c(C)c(C)c(C)c2-c2ccccc2)c2cc(C)cc(C)c2)c1.[CH3-].[CH3-].[CH3-].[Ti+4]. The second kappa shape index (κ2) is 14.0. The molecule has 0 aromatic heterocycles. The van der Waals surface area contributed by atoms with Crippen molar-refractivity contribution in [2.45, 2.75) is 54.5 Å². The fourth-order valence-electron chi connectivity index (χ4n) is 5.41. The van der Waals surface area contributed by atoms with Gasteiger partial charge in [0.1, 0.15) is 0 Å². The molecule has 4 rings (SSSR count). The Labute approximate surface area is 239 Å². The minimum Gasteiger partial charge on any atom is -0.358 e. The predicted molar refractivity (Wildman–Crippen MR) is 163 cm³/mol. The van der Waals surface area contributed by atoms with E-state index in [-0.39, 0.29) is 44.0 Å². The Morgan fingerprint density at radius 1 is 0.583 bits per heavy atom. The molecule has 0 radical (unpaired) electrons. The summed E-state index contributed by atoms with van der Waals surface area (Å²) in [5.74, 6) is 0. The summed E-state index contributed by atoms with van der Waals surface area (Å²) in [6, 6.07) is 26.5. The summed E-state index contributed by atoms with van der Waals surface area (Å²) < 4.78 is 0. The Morgan fingerprint density at radius 2 is 1.00 bits per heavy atom. The van der Waals surface area contributed by atoms with E-state index in [0.717, 1.165) is 6.04 Å². The van der Waals surface area contributed by atoms with Crippen molar-refractivity contribution >= 4 is 19.2 Å². The summed E-state index contributed by atoms with van der Waals surface area (Å²) in [6.45, 7) is 15.9. The summed E-state index contributed by atoms with van der Waals surface area (Å²) in [6.07, 6.45) is 0. The van der Waals surface area contributed by atoms with Crippen LogP contribution in [0.15, 0.2) is 66.7 Å². The van der Waals surface area contributed by atoms with Crippen LogP contribution in [0.3, 0.4) is 0 Å². The normalized spacial score (nSPS) is 10.1. The average molecular weight is 529 g/mol. The van der Waals surface area contributed by atoms with Gasteiger partial charge in [-0.1, -0.05) is 132 Å². The molecule has 0 aliphatic heterocycles. The third kappa shape index (κ3) is 7.03. The first-order chi connectivity index (χ1) is 15.2. The van der Waals surface area contributed by atoms with Crippen molar-refractivity contribution in [2.24, 2.45) is 0 Å². The average Bonchev–Trinajstić information content (AvgIpc) is 2.94. The van der Waals surface area contributed by atoms with Gasteiger partial charge in [-0.25, -0.2) is 0 Å². The first kappa shape index (κ1) is 33.9. The van der Waals surface area contributed by atoms with Gasteiger partial charge in [0.2, 0.25) is 0 Å². The van der Waals surface area contributed by atoms with Crippen molar-refractivity contribution in [3.8, 4) is 11.1 Å². The second-order valence-corrected chi connectivity index (χ2v) is 12.5. The maximum absolute atomic E-state index is 2.45. The summed E-state index contributed by atoms with van der Waals surface area (Å²) >= 11 is 0. The Hall–Kier alpha value is -2.06. The van der Waals surface area contributed by atoms with Crippen molar-refractivity contribution in [2.75, 3.05) is 0 Å². The Balaban J connectivity index is 0.00000306. The van der Waals surface area contributed by atoms with E-state index in [9.17, 15) is 0 Å². The molecule has 0 aliphatic rings. The van der Waals surface area contributed by atoms with Crippen molar-refractivity contribution < 1.29 is 21.7 Å². The molecule has 0 saturated heterocycles. The van der Waals surface area contributed by atoms with Crippen LogP contribution < -0.4 is 10.4 Å². The molecule has 0 saturated carbocycles. The molecule has 188 valence electrons. The first-order valence-electron chi connectivity index (χ1n) is 11.7. The van der Waals surface area contributed by atoms with Crippen LogP contribution in [-0.2, 0) is 27.8 Å². The van der Waals surface area contributed by atoms with Gasteiger partial charge in [-0.05, 0) is 27.7 Å². The smallest absolute Gasteiger partial charge is 0.358 e. The van der Waals surface area contributed by atoms with Gasteiger partial charge < -0.3 is 22.3 Å². The van der Waals surface area contributed by atoms with Gasteiger partial charge in [0, 0.05) is 0 Å². The first-order valence-corrected chi connectivity index (χ1v) is 13.7. The standard InChI is InChI=1S/C31H35Si.3CH3.Ti/c1-20-13-21(2)16-28(15-20)32(29-17-22(3)14-23(4)18-29)19-30-25(6)24(5)26(7)31(30)27-11-9-8-10-12-27;;;;/h8-18,32H,19H2,1-7H3;3*1H3;/q4*-1;+4. The number of rotatable bonds is 5. The van der Waals surface area contributed by atoms with Crippen LogP contribution in [0.1, 0.15) is 44.5 Å². The van der Waals surface area contributed by atoms with Crippen LogP contribution in [0.25, 0.3) is 11.1 Å². The van der Waals surface area contributed by atoms with E-state index in [1.165, 1.54) is 50.1 Å². The van der Waals surface area contributed by atoms with E-state index >= 15 is 0 Å². The van der Waals surface area contributed by atoms with Crippen LogP contribution in [0.2, 0.25) is 0 Å². The van der Waals surface area contributed by atoms with Gasteiger partial charge in [0.05, 0.1) is 8.80 Å². The molecule has 0 heterocycles. The van der Waals surface area contributed by atoms with Crippen molar-refractivity contribution in [3.63, 3.8) is 0 Å². The van der Waals surface area contributed by atoms with E-state index in [1.807, 2.05) is 0 Å². The Bertz CT molecular complexity index is 1170. The molecule has 4 aromatic carbocycles. The monoisotopic (exact) mass is 528 g/mol. The van der Waals surface area contributed by atoms with E-state index in [0.29, 0.717) is 0 Å². The maximum Gasteiger partial charge on any atom is 4.00 e. The fraction of sp³-hybridized carbons (Fsp3) is 0.235. The minimum absolute atomic E-state index is 0. The van der Waals surface area contributed by atoms with E-state index in [2.05, 4.69) is 115 Å². The molecule has 0 atom stereocenters. The third-order valence-corrected chi connectivity index (χ3v) is 10.1. The fourth-order valence-corrected chi connectivity index (χ4v) is 9.05. The van der Waals surface area contributed by atoms with Crippen LogP contribution in [0, 0.1) is 70.7 Å². The molecular formula is C34H44SiTi. The van der Waals surface area contributed by atoms with Crippen molar-refractivity contribution in [1.82, 2.24) is 0 Å². The minimum atomic E-state index is -1.48. The van der Waals surface area contributed by atoms with E-state index in [1.54, 1.807) is 15.9 Å². The van der Waals surface area contributed by atoms with Crippen LogP contribution in [0.4, 0.5) is 0 Å². The number of hydrogen-bond acceptors (Lipinski definition) is 0. The molecule has 0 bridgehead atoms. The van der Waals surface area contributed by atoms with E-state index in [4.69, 9.17) is 0 Å². The topological polar surface area (TPSA) is 0 Å². The van der Waals surface area contributed by atoms with Crippen molar-refractivity contribution in [3.05, 3.63) is 134 Å². The molecular weight excluding hydrogens is 484 g/mol.